The normalized spacial score (nSPS) is 13.2. The van der Waals surface area contributed by atoms with E-state index in [1.807, 2.05) is 0 Å². The van der Waals surface area contributed by atoms with Crippen molar-refractivity contribution in [2.45, 2.75) is 104 Å². The number of benzene rings is 4. The first-order valence-electron chi connectivity index (χ1n) is 19.7. The number of aromatic hydroxyl groups is 2. The number of aliphatic hydroxyl groups is 4. The van der Waals surface area contributed by atoms with Gasteiger partial charge in [-0.15, -0.1) is 0 Å². The third kappa shape index (κ3) is 18.0. The number of carbonyl (C=O) groups is 4. The number of aryl methyl sites for hydroxylation is 2. The number of rotatable bonds is 15. The Kier molecular flexibility index (Phi) is 20.2. The highest BCUT2D eigenvalue weighted by Crippen LogP contribution is 2.23. The van der Waals surface area contributed by atoms with Gasteiger partial charge in [0, 0.05) is 11.1 Å². The summed E-state index contributed by atoms with van der Waals surface area (Å²) >= 11 is 0. The Morgan fingerprint density at radius 2 is 0.871 bits per heavy atom. The first-order valence-corrected chi connectivity index (χ1v) is 19.7. The van der Waals surface area contributed by atoms with Gasteiger partial charge in [0.1, 0.15) is 36.8 Å². The van der Waals surface area contributed by atoms with Gasteiger partial charge in [-0.1, -0.05) is 47.5 Å². The van der Waals surface area contributed by atoms with Crippen LogP contribution in [0.2, 0.25) is 0 Å². The van der Waals surface area contributed by atoms with Crippen LogP contribution in [0.3, 0.4) is 0 Å². The number of nitrogens with two attached hydrogens (primary N) is 2. The minimum atomic E-state index is -2.40. The van der Waals surface area contributed by atoms with Gasteiger partial charge < -0.3 is 70.5 Å². The molecule has 0 aliphatic carbocycles. The molecule has 62 heavy (non-hydrogen) atoms. The molecule has 0 saturated carbocycles. The Hall–Kier alpha value is -5.88. The maximum Gasteiger partial charge on any atom is 0.338 e. The van der Waals surface area contributed by atoms with Crippen LogP contribution in [-0.4, -0.2) is 90.9 Å². The minimum Gasteiger partial charge on any atom is -0.546 e. The molecule has 0 saturated heterocycles. The molecule has 4 rings (SSSR count). The lowest BCUT2D eigenvalue weighted by atomic mass is 10.0. The second kappa shape index (κ2) is 23.9. The second-order valence-electron chi connectivity index (χ2n) is 16.8. The van der Waals surface area contributed by atoms with Gasteiger partial charge in [-0.25, -0.2) is 9.59 Å². The number of carboxylic acids is 2. The standard InChI is InChI=1S/C20H18O8.2C13H21NO3/c1-11-3-7-13(8-4-11)19(25)27-15(17(21)22)16(18(23)24)28-20(26)14-9-5-12(2)6-10-14;2*1-13(2,3)14-7-12(17)9-4-5-11(16)10(6-9)8-15/h3-10,15-16H,1-2H3,(H,21,22)(H,23,24);2*4-6,12,14-17H,7-8H2,1-3H3/t15-,16-;2*12-/m100/s1. The fourth-order valence-corrected chi connectivity index (χ4v) is 5.29. The highest BCUT2D eigenvalue weighted by atomic mass is 16.6. The molecule has 16 nitrogen and oxygen atoms in total. The molecule has 0 heterocycles. The molecule has 0 bridgehead atoms. The second-order valence-corrected chi connectivity index (χ2v) is 16.8. The van der Waals surface area contributed by atoms with Crippen molar-refractivity contribution in [3.05, 3.63) is 129 Å². The van der Waals surface area contributed by atoms with Gasteiger partial charge >= 0.3 is 11.9 Å². The molecular formula is C46H60N2O14. The predicted molar refractivity (Wildman–Crippen MR) is 222 cm³/mol. The van der Waals surface area contributed by atoms with Crippen molar-refractivity contribution in [3.8, 4) is 11.5 Å². The number of aliphatic hydroxyl groups excluding tert-OH is 4. The summed E-state index contributed by atoms with van der Waals surface area (Å²) in [7, 11) is 0. The summed E-state index contributed by atoms with van der Waals surface area (Å²) < 4.78 is 9.44. The van der Waals surface area contributed by atoms with Crippen LogP contribution in [0.4, 0.5) is 0 Å². The van der Waals surface area contributed by atoms with Crippen LogP contribution < -0.4 is 20.8 Å². The summed E-state index contributed by atoms with van der Waals surface area (Å²) in [5, 5.41) is 83.8. The maximum absolute atomic E-state index is 12.1. The molecule has 10 N–H and O–H groups in total. The first kappa shape index (κ1) is 52.3. The van der Waals surface area contributed by atoms with Crippen molar-refractivity contribution in [3.63, 3.8) is 0 Å². The van der Waals surface area contributed by atoms with Gasteiger partial charge in [-0.3, -0.25) is 0 Å². The van der Waals surface area contributed by atoms with Crippen LogP contribution >= 0.6 is 0 Å². The zero-order valence-corrected chi connectivity index (χ0v) is 36.3. The van der Waals surface area contributed by atoms with Gasteiger partial charge in [-0.2, -0.15) is 0 Å². The van der Waals surface area contributed by atoms with Gasteiger partial charge in [0.2, 0.25) is 0 Å². The van der Waals surface area contributed by atoms with Gasteiger partial charge in [0.25, 0.3) is 0 Å². The quantitative estimate of drug-likeness (QED) is 0.0737. The molecule has 0 aliphatic heterocycles. The highest BCUT2D eigenvalue weighted by molar-refractivity contribution is 5.94. The molecule has 0 fully saturated rings. The van der Waals surface area contributed by atoms with E-state index in [1.165, 1.54) is 36.4 Å². The Morgan fingerprint density at radius 3 is 1.13 bits per heavy atom. The summed E-state index contributed by atoms with van der Waals surface area (Å²) in [6.45, 7) is 16.7. The van der Waals surface area contributed by atoms with E-state index in [-0.39, 0.29) is 46.9 Å². The number of phenols is 2. The highest BCUT2D eigenvalue weighted by Gasteiger charge is 2.32. The van der Waals surface area contributed by atoms with E-state index >= 15 is 0 Å². The predicted octanol–water partition coefficient (Wildman–Crippen LogP) is 0.114. The monoisotopic (exact) mass is 864 g/mol. The third-order valence-electron chi connectivity index (χ3n) is 9.01. The Bertz CT molecular complexity index is 1920. The molecule has 16 heteroatoms. The fraction of sp³-hybridized carbons (Fsp3) is 0.391. The maximum atomic E-state index is 12.1. The average Bonchev–Trinajstić information content (AvgIpc) is 3.20. The van der Waals surface area contributed by atoms with E-state index in [0.29, 0.717) is 35.3 Å². The van der Waals surface area contributed by atoms with E-state index in [0.717, 1.165) is 11.1 Å². The van der Waals surface area contributed by atoms with E-state index in [4.69, 9.17) is 19.7 Å². The topological polar surface area (TPSA) is 287 Å². The summed E-state index contributed by atoms with van der Waals surface area (Å²) in [5.74, 6) is -6.22. The number of hydrogen-bond donors (Lipinski definition) is 8. The molecule has 0 aromatic heterocycles. The molecule has 4 aromatic carbocycles. The lowest BCUT2D eigenvalue weighted by molar-refractivity contribution is -0.723. The first-order chi connectivity index (χ1) is 28.8. The molecule has 0 spiro atoms. The molecule has 4 atom stereocenters. The lowest BCUT2D eigenvalue weighted by Crippen LogP contribution is -2.95. The van der Waals surface area contributed by atoms with Crippen LogP contribution in [0.15, 0.2) is 84.9 Å². The zero-order chi connectivity index (χ0) is 46.9. The SMILES string of the molecule is CC(C)(C)[NH2+]C[C@H](O)c1ccc(O)c(CO)c1.CC(C)(C)[NH2+]C[C@H](O)c1ccc(O)c(CO)c1.Cc1ccc(C(=O)O[C@@H](C(=O)[O-])[C@@H](OC(=O)c2ccc(C)cc2)C(=O)[O-])cc1. The molecule has 0 radical (unpaired) electrons. The Morgan fingerprint density at radius 1 is 0.565 bits per heavy atom. The number of hydrogen-bond acceptors (Lipinski definition) is 14. The summed E-state index contributed by atoms with van der Waals surface area (Å²) in [6, 6.07) is 21.4. The van der Waals surface area contributed by atoms with Crippen LogP contribution in [0.1, 0.15) is 108 Å². The molecular weight excluding hydrogens is 805 g/mol. The molecule has 0 unspecified atom stereocenters. The molecule has 0 amide bonds. The Balaban J connectivity index is 0.000000338. The van der Waals surface area contributed by atoms with Gasteiger partial charge in [0.15, 0.2) is 12.2 Å². The van der Waals surface area contributed by atoms with Crippen molar-refractivity contribution < 1.29 is 80.1 Å². The van der Waals surface area contributed by atoms with Gasteiger partial charge in [0.05, 0.1) is 47.4 Å². The molecule has 4 aromatic rings. The van der Waals surface area contributed by atoms with Crippen molar-refractivity contribution in [2.75, 3.05) is 13.1 Å². The zero-order valence-electron chi connectivity index (χ0n) is 36.3. The number of quaternary nitrogens is 2. The molecule has 338 valence electrons. The third-order valence-corrected chi connectivity index (χ3v) is 9.01. The van der Waals surface area contributed by atoms with Crippen molar-refractivity contribution in [1.82, 2.24) is 0 Å². The van der Waals surface area contributed by atoms with Crippen LogP contribution in [-0.2, 0) is 32.3 Å². The number of carboxylic acid groups (broad SMARTS) is 2. The number of aliphatic carboxylic acids is 2. The van der Waals surface area contributed by atoms with Crippen molar-refractivity contribution in [2.24, 2.45) is 0 Å². The van der Waals surface area contributed by atoms with Crippen LogP contribution in [0.25, 0.3) is 0 Å². The summed E-state index contributed by atoms with van der Waals surface area (Å²) in [4.78, 5) is 47.0. The van der Waals surface area contributed by atoms with Crippen LogP contribution in [0, 0.1) is 13.8 Å². The number of ether oxygens (including phenoxy) is 2. The van der Waals surface area contributed by atoms with E-state index in [2.05, 4.69) is 52.2 Å². The van der Waals surface area contributed by atoms with Crippen molar-refractivity contribution >= 4 is 23.9 Å². The Labute approximate surface area is 361 Å². The summed E-state index contributed by atoms with van der Waals surface area (Å²) in [6.07, 6.45) is -5.98. The van der Waals surface area contributed by atoms with E-state index in [1.54, 1.807) is 62.4 Å². The number of carbonyl (C=O) groups excluding carboxylic acids is 4. The molecule has 0 aliphatic rings. The van der Waals surface area contributed by atoms with Gasteiger partial charge in [-0.05, 0) is 115 Å². The van der Waals surface area contributed by atoms with Crippen LogP contribution in [0.5, 0.6) is 11.5 Å². The van der Waals surface area contributed by atoms with E-state index in [9.17, 15) is 49.8 Å². The average molecular weight is 865 g/mol. The van der Waals surface area contributed by atoms with Crippen molar-refractivity contribution in [1.29, 1.82) is 0 Å². The summed E-state index contributed by atoms with van der Waals surface area (Å²) in [5.41, 5.74) is 4.10. The largest absolute Gasteiger partial charge is 0.546 e. The smallest absolute Gasteiger partial charge is 0.338 e. The van der Waals surface area contributed by atoms with E-state index < -0.39 is 48.3 Å². The fourth-order valence-electron chi connectivity index (χ4n) is 5.29. The minimum absolute atomic E-state index is 0.0150. The lowest BCUT2D eigenvalue weighted by Gasteiger charge is -2.28. The number of esters is 2.